The second kappa shape index (κ2) is 8.54. The number of rotatable bonds is 6. The Morgan fingerprint density at radius 2 is 1.80 bits per heavy atom. The third kappa shape index (κ3) is 4.13. The third-order valence-electron chi connectivity index (χ3n) is 4.69. The van der Waals surface area contributed by atoms with Gasteiger partial charge in [0.1, 0.15) is 5.39 Å². The van der Waals surface area contributed by atoms with Gasteiger partial charge in [-0.3, -0.25) is 9.59 Å². The van der Waals surface area contributed by atoms with E-state index in [4.69, 9.17) is 0 Å². The second-order valence-electron chi connectivity index (χ2n) is 6.94. The lowest BCUT2D eigenvalue weighted by Gasteiger charge is -2.21. The lowest BCUT2D eigenvalue weighted by molar-refractivity contribution is -0.129. The van der Waals surface area contributed by atoms with Gasteiger partial charge in [0.15, 0.2) is 10.8 Å². The average Bonchev–Trinajstić information content (AvgIpc) is 3.19. The number of carbonyl (C=O) groups excluding carboxylic acids is 1. The van der Waals surface area contributed by atoms with E-state index < -0.39 is 5.25 Å². The van der Waals surface area contributed by atoms with Crippen LogP contribution >= 0.6 is 11.8 Å². The van der Waals surface area contributed by atoms with E-state index in [0.717, 1.165) is 11.3 Å². The Morgan fingerprint density at radius 3 is 2.50 bits per heavy atom. The monoisotopic (exact) mass is 419 g/mol. The van der Waals surface area contributed by atoms with E-state index >= 15 is 0 Å². The molecular weight excluding hydrogens is 398 g/mol. The van der Waals surface area contributed by atoms with Crippen molar-refractivity contribution in [2.45, 2.75) is 23.9 Å². The molecule has 0 aliphatic rings. The van der Waals surface area contributed by atoms with Crippen molar-refractivity contribution < 1.29 is 4.79 Å². The Kier molecular flexibility index (Phi) is 5.67. The third-order valence-corrected chi connectivity index (χ3v) is 5.66. The van der Waals surface area contributed by atoms with Crippen LogP contribution in [0, 0.1) is 0 Å². The molecule has 0 saturated heterocycles. The van der Waals surface area contributed by atoms with E-state index in [1.165, 1.54) is 18.0 Å². The van der Waals surface area contributed by atoms with Crippen LogP contribution in [-0.4, -0.2) is 42.9 Å². The van der Waals surface area contributed by atoms with Gasteiger partial charge < -0.3 is 9.88 Å². The molecule has 2 aromatic carbocycles. The summed E-state index contributed by atoms with van der Waals surface area (Å²) in [5.74, 6) is -0.0387. The molecule has 0 unspecified atom stereocenters. The summed E-state index contributed by atoms with van der Waals surface area (Å²) < 4.78 is 1.63. The summed E-state index contributed by atoms with van der Waals surface area (Å²) >= 11 is 1.23. The van der Waals surface area contributed by atoms with Crippen molar-refractivity contribution in [3.8, 4) is 5.69 Å². The number of nitrogens with one attached hydrogen (secondary N) is 1. The minimum atomic E-state index is -0.410. The lowest BCUT2D eigenvalue weighted by atomic mass is 10.2. The molecule has 1 N–H and O–H groups in total. The quantitative estimate of drug-likeness (QED) is 0.383. The van der Waals surface area contributed by atoms with Gasteiger partial charge in [0.25, 0.3) is 5.56 Å². The summed E-state index contributed by atoms with van der Waals surface area (Å²) in [4.78, 5) is 34.3. The summed E-state index contributed by atoms with van der Waals surface area (Å²) in [5.41, 5.74) is 2.06. The van der Waals surface area contributed by atoms with Crippen LogP contribution < -0.4 is 5.56 Å². The van der Waals surface area contributed by atoms with E-state index in [9.17, 15) is 9.59 Å². The molecule has 1 atom stereocenters. The standard InChI is InChI=1S/C22H21N5O2S/c1-15(21(29)26(2)14-16-9-5-3-6-10-16)30-22-24-19-18(20(28)25-22)13-23-27(19)17-11-7-4-8-12-17/h3-13,15H,14H2,1-2H3,(H,24,25,28)/t15-/m1/s1. The van der Waals surface area contributed by atoms with E-state index in [0.29, 0.717) is 22.7 Å². The highest BCUT2D eigenvalue weighted by atomic mass is 32.2. The van der Waals surface area contributed by atoms with Crippen LogP contribution in [-0.2, 0) is 11.3 Å². The maximum Gasteiger partial charge on any atom is 0.262 e. The summed E-state index contributed by atoms with van der Waals surface area (Å²) in [6.07, 6.45) is 1.50. The molecular formula is C22H21N5O2S. The number of para-hydroxylation sites is 1. The molecule has 0 saturated carbocycles. The number of H-pyrrole nitrogens is 1. The minimum Gasteiger partial charge on any atom is -0.340 e. The van der Waals surface area contributed by atoms with Gasteiger partial charge in [0.05, 0.1) is 17.1 Å². The van der Waals surface area contributed by atoms with Crippen LogP contribution in [0.2, 0.25) is 0 Å². The predicted molar refractivity (Wildman–Crippen MR) is 118 cm³/mol. The first kappa shape index (κ1) is 19.9. The SMILES string of the molecule is C[C@@H](Sc1nc2c(cnn2-c2ccccc2)c(=O)[nH]1)C(=O)N(C)Cc1ccccc1. The topological polar surface area (TPSA) is 83.9 Å². The van der Waals surface area contributed by atoms with Crippen molar-refractivity contribution in [2.24, 2.45) is 0 Å². The normalized spacial score (nSPS) is 12.1. The molecule has 0 fully saturated rings. The molecule has 8 heteroatoms. The van der Waals surface area contributed by atoms with Crippen LogP contribution in [0.5, 0.6) is 0 Å². The molecule has 0 aliphatic carbocycles. The maximum absolute atomic E-state index is 12.8. The summed E-state index contributed by atoms with van der Waals surface area (Å²) in [6.45, 7) is 2.33. The Morgan fingerprint density at radius 1 is 1.13 bits per heavy atom. The molecule has 7 nitrogen and oxygen atoms in total. The van der Waals surface area contributed by atoms with Gasteiger partial charge in [-0.2, -0.15) is 5.10 Å². The number of carbonyl (C=O) groups is 1. The summed E-state index contributed by atoms with van der Waals surface area (Å²) in [7, 11) is 1.77. The highest BCUT2D eigenvalue weighted by molar-refractivity contribution is 8.00. The van der Waals surface area contributed by atoms with Gasteiger partial charge in [-0.15, -0.1) is 0 Å². The van der Waals surface area contributed by atoms with Crippen molar-refractivity contribution in [2.75, 3.05) is 7.05 Å². The second-order valence-corrected chi connectivity index (χ2v) is 8.27. The van der Waals surface area contributed by atoms with Crippen LogP contribution in [0.15, 0.2) is 76.8 Å². The zero-order valence-electron chi connectivity index (χ0n) is 16.6. The van der Waals surface area contributed by atoms with Crippen LogP contribution in [0.25, 0.3) is 16.7 Å². The number of thioether (sulfide) groups is 1. The van der Waals surface area contributed by atoms with Crippen molar-refractivity contribution in [1.29, 1.82) is 0 Å². The molecule has 30 heavy (non-hydrogen) atoms. The highest BCUT2D eigenvalue weighted by Gasteiger charge is 2.21. The largest absolute Gasteiger partial charge is 0.340 e. The molecule has 4 rings (SSSR count). The zero-order valence-corrected chi connectivity index (χ0v) is 17.5. The molecule has 2 heterocycles. The number of nitrogens with zero attached hydrogens (tertiary/aromatic N) is 4. The minimum absolute atomic E-state index is 0.0387. The van der Waals surface area contributed by atoms with Gasteiger partial charge in [-0.05, 0) is 24.6 Å². The summed E-state index contributed by atoms with van der Waals surface area (Å²) in [6, 6.07) is 19.3. The zero-order chi connectivity index (χ0) is 21.1. The van der Waals surface area contributed by atoms with Crippen molar-refractivity contribution >= 4 is 28.7 Å². The van der Waals surface area contributed by atoms with Gasteiger partial charge in [0.2, 0.25) is 5.91 Å². The fourth-order valence-electron chi connectivity index (χ4n) is 3.18. The van der Waals surface area contributed by atoms with E-state index in [1.807, 2.05) is 67.6 Å². The predicted octanol–water partition coefficient (Wildman–Crippen LogP) is 3.25. The molecule has 0 spiro atoms. The van der Waals surface area contributed by atoms with Gasteiger partial charge >= 0.3 is 0 Å². The number of fused-ring (bicyclic) bond motifs is 1. The van der Waals surface area contributed by atoms with E-state index in [1.54, 1.807) is 16.6 Å². The number of amides is 1. The number of hydrogen-bond donors (Lipinski definition) is 1. The number of hydrogen-bond acceptors (Lipinski definition) is 5. The number of aromatic amines is 1. The number of aromatic nitrogens is 4. The summed E-state index contributed by atoms with van der Waals surface area (Å²) in [5, 5.41) is 4.69. The molecule has 152 valence electrons. The number of benzene rings is 2. The first-order chi connectivity index (χ1) is 14.5. The van der Waals surface area contributed by atoms with Crippen LogP contribution in [0.4, 0.5) is 0 Å². The van der Waals surface area contributed by atoms with Crippen molar-refractivity contribution in [3.63, 3.8) is 0 Å². The van der Waals surface area contributed by atoms with Crippen LogP contribution in [0.3, 0.4) is 0 Å². The Balaban J connectivity index is 1.56. The van der Waals surface area contributed by atoms with E-state index in [-0.39, 0.29) is 11.5 Å². The molecule has 4 aromatic rings. The molecule has 0 bridgehead atoms. The Hall–Kier alpha value is -3.39. The van der Waals surface area contributed by atoms with Crippen molar-refractivity contribution in [3.05, 3.63) is 82.8 Å². The van der Waals surface area contributed by atoms with Gasteiger partial charge in [-0.25, -0.2) is 9.67 Å². The highest BCUT2D eigenvalue weighted by Crippen LogP contribution is 2.23. The van der Waals surface area contributed by atoms with Gasteiger partial charge in [-0.1, -0.05) is 60.3 Å². The first-order valence-corrected chi connectivity index (χ1v) is 10.4. The van der Waals surface area contributed by atoms with Gasteiger partial charge in [0, 0.05) is 13.6 Å². The van der Waals surface area contributed by atoms with E-state index in [2.05, 4.69) is 15.1 Å². The van der Waals surface area contributed by atoms with Crippen LogP contribution in [0.1, 0.15) is 12.5 Å². The Bertz CT molecular complexity index is 1220. The molecule has 0 radical (unpaired) electrons. The van der Waals surface area contributed by atoms with Crippen molar-refractivity contribution in [1.82, 2.24) is 24.6 Å². The smallest absolute Gasteiger partial charge is 0.262 e. The lowest BCUT2D eigenvalue weighted by Crippen LogP contribution is -2.33. The molecule has 0 aliphatic heterocycles. The fraction of sp³-hybridized carbons (Fsp3) is 0.182. The Labute approximate surface area is 177 Å². The maximum atomic E-state index is 12.8. The molecule has 1 amide bonds. The fourth-order valence-corrected chi connectivity index (χ4v) is 4.08. The molecule has 2 aromatic heterocycles. The first-order valence-electron chi connectivity index (χ1n) is 9.52. The average molecular weight is 420 g/mol.